The summed E-state index contributed by atoms with van der Waals surface area (Å²) in [4.78, 5) is 13.7. The normalized spacial score (nSPS) is 12.1. The van der Waals surface area contributed by atoms with Gasteiger partial charge in [0.15, 0.2) is 0 Å². The molecule has 1 N–H and O–H groups in total. The minimum absolute atomic E-state index is 0.0932. The van der Waals surface area contributed by atoms with Crippen LogP contribution in [0, 0.1) is 0 Å². The number of carbonyl (C=O) groups is 1. The standard InChI is InChI=1S/C13H15N3O2/c1-10(16-8-4-7-14-16)13(18)15(2)11-5-3-6-12(17)9-11/h3-10,17H,1-2H3. The Kier molecular flexibility index (Phi) is 3.32. The van der Waals surface area contributed by atoms with Crippen LogP contribution in [-0.2, 0) is 4.79 Å². The molecule has 0 fully saturated rings. The molecule has 2 rings (SSSR count). The molecule has 0 aliphatic carbocycles. The maximum absolute atomic E-state index is 12.2. The van der Waals surface area contributed by atoms with Crippen molar-refractivity contribution in [2.24, 2.45) is 0 Å². The van der Waals surface area contributed by atoms with Crippen LogP contribution >= 0.6 is 0 Å². The first-order valence-electron chi connectivity index (χ1n) is 5.65. The van der Waals surface area contributed by atoms with Crippen molar-refractivity contribution in [2.75, 3.05) is 11.9 Å². The van der Waals surface area contributed by atoms with Gasteiger partial charge in [0.2, 0.25) is 0 Å². The number of amides is 1. The Morgan fingerprint density at radius 1 is 1.44 bits per heavy atom. The van der Waals surface area contributed by atoms with E-state index in [1.165, 1.54) is 4.90 Å². The van der Waals surface area contributed by atoms with Gasteiger partial charge in [-0.25, -0.2) is 0 Å². The molecule has 0 bridgehead atoms. The number of likely N-dealkylation sites (N-methyl/N-ethyl adjacent to an activating group) is 1. The lowest BCUT2D eigenvalue weighted by atomic mass is 10.2. The predicted molar refractivity (Wildman–Crippen MR) is 68.5 cm³/mol. The minimum Gasteiger partial charge on any atom is -0.508 e. The first kappa shape index (κ1) is 12.2. The number of phenols is 1. The molecule has 0 saturated carbocycles. The quantitative estimate of drug-likeness (QED) is 0.897. The molecule has 1 aromatic carbocycles. The molecule has 1 atom stereocenters. The first-order valence-corrected chi connectivity index (χ1v) is 5.65. The van der Waals surface area contributed by atoms with E-state index in [1.807, 2.05) is 0 Å². The molecule has 1 heterocycles. The average molecular weight is 245 g/mol. The summed E-state index contributed by atoms with van der Waals surface area (Å²) in [6, 6.07) is 7.98. The van der Waals surface area contributed by atoms with Crippen molar-refractivity contribution < 1.29 is 9.90 Å². The summed E-state index contributed by atoms with van der Waals surface area (Å²) in [6.07, 6.45) is 3.39. The second-order valence-electron chi connectivity index (χ2n) is 4.08. The molecule has 1 unspecified atom stereocenters. The number of hydrogen-bond donors (Lipinski definition) is 1. The van der Waals surface area contributed by atoms with Gasteiger partial charge in [-0.15, -0.1) is 0 Å². The number of aromatic hydroxyl groups is 1. The number of rotatable bonds is 3. The second kappa shape index (κ2) is 4.91. The van der Waals surface area contributed by atoms with Crippen molar-refractivity contribution >= 4 is 11.6 Å². The Labute approximate surface area is 105 Å². The molecular formula is C13H15N3O2. The van der Waals surface area contributed by atoms with Gasteiger partial charge in [-0.05, 0) is 25.1 Å². The summed E-state index contributed by atoms with van der Waals surface area (Å²) >= 11 is 0. The Morgan fingerprint density at radius 3 is 2.83 bits per heavy atom. The maximum atomic E-state index is 12.2. The maximum Gasteiger partial charge on any atom is 0.251 e. The summed E-state index contributed by atoms with van der Waals surface area (Å²) in [6.45, 7) is 1.79. The number of carbonyl (C=O) groups excluding carboxylic acids is 1. The Balaban J connectivity index is 2.19. The largest absolute Gasteiger partial charge is 0.508 e. The van der Waals surface area contributed by atoms with Crippen LogP contribution in [0.5, 0.6) is 5.75 Å². The topological polar surface area (TPSA) is 58.4 Å². The molecule has 1 amide bonds. The van der Waals surface area contributed by atoms with E-state index in [-0.39, 0.29) is 17.7 Å². The van der Waals surface area contributed by atoms with Crippen LogP contribution < -0.4 is 4.90 Å². The zero-order chi connectivity index (χ0) is 13.1. The van der Waals surface area contributed by atoms with Crippen molar-refractivity contribution in [3.8, 4) is 5.75 Å². The lowest BCUT2D eigenvalue weighted by Crippen LogP contribution is -2.33. The average Bonchev–Trinajstić information content (AvgIpc) is 2.90. The highest BCUT2D eigenvalue weighted by Gasteiger charge is 2.20. The van der Waals surface area contributed by atoms with Gasteiger partial charge in [0.25, 0.3) is 5.91 Å². The lowest BCUT2D eigenvalue weighted by Gasteiger charge is -2.21. The third-order valence-electron chi connectivity index (χ3n) is 2.83. The molecule has 2 aromatic rings. The smallest absolute Gasteiger partial charge is 0.251 e. The summed E-state index contributed by atoms with van der Waals surface area (Å²) in [5.74, 6) is 0.0446. The summed E-state index contributed by atoms with van der Waals surface area (Å²) in [7, 11) is 1.68. The molecule has 5 nitrogen and oxygen atoms in total. The van der Waals surface area contributed by atoms with Gasteiger partial charge in [0, 0.05) is 31.2 Å². The molecule has 18 heavy (non-hydrogen) atoms. The molecular weight excluding hydrogens is 230 g/mol. The van der Waals surface area contributed by atoms with Crippen LogP contribution in [0.4, 0.5) is 5.69 Å². The molecule has 5 heteroatoms. The van der Waals surface area contributed by atoms with E-state index >= 15 is 0 Å². The number of aromatic nitrogens is 2. The lowest BCUT2D eigenvalue weighted by molar-refractivity contribution is -0.121. The molecule has 0 radical (unpaired) electrons. The van der Waals surface area contributed by atoms with Gasteiger partial charge in [0.05, 0.1) is 0 Å². The van der Waals surface area contributed by atoms with Gasteiger partial charge in [-0.3, -0.25) is 9.48 Å². The van der Waals surface area contributed by atoms with Crippen LogP contribution in [0.3, 0.4) is 0 Å². The fourth-order valence-electron chi connectivity index (χ4n) is 1.73. The predicted octanol–water partition coefficient (Wildman–Crippen LogP) is 1.81. The Morgan fingerprint density at radius 2 is 2.22 bits per heavy atom. The van der Waals surface area contributed by atoms with E-state index in [2.05, 4.69) is 5.10 Å². The monoisotopic (exact) mass is 245 g/mol. The summed E-state index contributed by atoms with van der Waals surface area (Å²) < 4.78 is 1.60. The number of hydrogen-bond acceptors (Lipinski definition) is 3. The first-order chi connectivity index (χ1) is 8.59. The van der Waals surface area contributed by atoms with Crippen LogP contribution in [-0.4, -0.2) is 27.8 Å². The SMILES string of the molecule is CC(C(=O)N(C)c1cccc(O)c1)n1cccn1. The molecule has 94 valence electrons. The number of anilines is 1. The zero-order valence-corrected chi connectivity index (χ0v) is 10.3. The minimum atomic E-state index is -0.382. The van der Waals surface area contributed by atoms with E-state index in [0.717, 1.165) is 0 Å². The molecule has 0 aliphatic heterocycles. The van der Waals surface area contributed by atoms with E-state index in [0.29, 0.717) is 5.69 Å². The summed E-state index contributed by atoms with van der Waals surface area (Å²) in [5, 5.41) is 13.5. The van der Waals surface area contributed by atoms with Crippen molar-refractivity contribution in [2.45, 2.75) is 13.0 Å². The zero-order valence-electron chi connectivity index (χ0n) is 10.3. The highest BCUT2D eigenvalue weighted by Crippen LogP contribution is 2.21. The van der Waals surface area contributed by atoms with Gasteiger partial charge in [-0.2, -0.15) is 5.10 Å². The number of benzene rings is 1. The van der Waals surface area contributed by atoms with Gasteiger partial charge >= 0.3 is 0 Å². The molecule has 0 saturated heterocycles. The second-order valence-corrected chi connectivity index (χ2v) is 4.08. The van der Waals surface area contributed by atoms with Gasteiger partial charge in [-0.1, -0.05) is 6.07 Å². The molecule has 0 spiro atoms. The highest BCUT2D eigenvalue weighted by atomic mass is 16.3. The van der Waals surface area contributed by atoms with Crippen LogP contribution in [0.1, 0.15) is 13.0 Å². The van der Waals surface area contributed by atoms with Crippen LogP contribution in [0.2, 0.25) is 0 Å². The Bertz CT molecular complexity index is 537. The number of nitrogens with zero attached hydrogens (tertiary/aromatic N) is 3. The van der Waals surface area contributed by atoms with Crippen LogP contribution in [0.25, 0.3) is 0 Å². The van der Waals surface area contributed by atoms with Gasteiger partial charge < -0.3 is 10.0 Å². The fourth-order valence-corrected chi connectivity index (χ4v) is 1.73. The van der Waals surface area contributed by atoms with E-state index in [1.54, 1.807) is 61.4 Å². The Hall–Kier alpha value is -2.30. The molecule has 1 aromatic heterocycles. The van der Waals surface area contributed by atoms with Crippen molar-refractivity contribution in [3.05, 3.63) is 42.7 Å². The van der Waals surface area contributed by atoms with Crippen molar-refractivity contribution in [3.63, 3.8) is 0 Å². The van der Waals surface area contributed by atoms with Crippen molar-refractivity contribution in [1.29, 1.82) is 0 Å². The van der Waals surface area contributed by atoms with Gasteiger partial charge in [0.1, 0.15) is 11.8 Å². The van der Waals surface area contributed by atoms with E-state index < -0.39 is 0 Å². The van der Waals surface area contributed by atoms with E-state index in [9.17, 15) is 9.90 Å². The van der Waals surface area contributed by atoms with E-state index in [4.69, 9.17) is 0 Å². The number of phenolic OH excluding ortho intramolecular Hbond substituents is 1. The fraction of sp³-hybridized carbons (Fsp3) is 0.231. The summed E-state index contributed by atoms with van der Waals surface area (Å²) in [5.41, 5.74) is 0.652. The third kappa shape index (κ3) is 2.34. The van der Waals surface area contributed by atoms with Crippen molar-refractivity contribution in [1.82, 2.24) is 9.78 Å². The highest BCUT2D eigenvalue weighted by molar-refractivity contribution is 5.95. The third-order valence-corrected chi connectivity index (χ3v) is 2.83. The molecule has 0 aliphatic rings. The van der Waals surface area contributed by atoms with Crippen LogP contribution in [0.15, 0.2) is 42.7 Å².